The second-order valence-corrected chi connectivity index (χ2v) is 10.5. The van der Waals surface area contributed by atoms with Crippen LogP contribution in [-0.4, -0.2) is 23.6 Å². The molecule has 0 saturated carbocycles. The molecule has 2 aliphatic rings. The molecule has 4 heterocycles. The van der Waals surface area contributed by atoms with Crippen LogP contribution in [0, 0.1) is 58.2 Å². The maximum atomic E-state index is 14.3. The third-order valence-corrected chi connectivity index (χ3v) is 8.63. The van der Waals surface area contributed by atoms with Crippen LogP contribution >= 0.6 is 22.7 Å². The zero-order chi connectivity index (χ0) is 30.7. The molecular weight excluding hydrogens is 634 g/mol. The molecule has 0 fully saturated rings. The summed E-state index contributed by atoms with van der Waals surface area (Å²) in [7, 11) is 0. The summed E-state index contributed by atoms with van der Waals surface area (Å²) < 4.78 is 139. The van der Waals surface area contributed by atoms with E-state index >= 15 is 0 Å². The number of fused-ring (bicyclic) bond motifs is 2. The lowest BCUT2D eigenvalue weighted by Crippen LogP contribution is -2.32. The monoisotopic (exact) mass is 636 g/mol. The van der Waals surface area contributed by atoms with Crippen LogP contribution in [0.25, 0.3) is 9.75 Å². The maximum absolute atomic E-state index is 14.3. The maximum Gasteiger partial charge on any atom is 0.276 e. The van der Waals surface area contributed by atoms with Crippen molar-refractivity contribution < 1.29 is 63.1 Å². The Kier molecular flexibility index (Phi) is 5.88. The molecule has 2 aliphatic heterocycles. The Balaban J connectivity index is 1.36. The first-order chi connectivity index (χ1) is 19.7. The molecule has 0 bridgehead atoms. The minimum atomic E-state index is -2.52. The Morgan fingerprint density at radius 1 is 0.405 bits per heavy atom. The van der Waals surface area contributed by atoms with Crippen LogP contribution in [-0.2, 0) is 0 Å². The molecule has 18 heteroatoms. The zero-order valence-corrected chi connectivity index (χ0v) is 20.9. The number of carbonyl (C=O) groups excluding carboxylic acids is 4. The summed E-state index contributed by atoms with van der Waals surface area (Å²) in [5, 5.41) is 0. The minimum absolute atomic E-state index is 0.0125. The summed E-state index contributed by atoms with van der Waals surface area (Å²) in [6.45, 7) is 0. The van der Waals surface area contributed by atoms with Gasteiger partial charge < -0.3 is 0 Å². The Morgan fingerprint density at radius 2 is 0.667 bits per heavy atom. The van der Waals surface area contributed by atoms with E-state index in [4.69, 9.17) is 0 Å². The topological polar surface area (TPSA) is 74.8 Å². The van der Waals surface area contributed by atoms with Gasteiger partial charge in [0.15, 0.2) is 46.5 Å². The molecule has 0 aliphatic carbocycles. The summed E-state index contributed by atoms with van der Waals surface area (Å²) in [6, 6.07) is 1.92. The van der Waals surface area contributed by atoms with Crippen LogP contribution < -0.4 is 9.80 Å². The number of thiophene rings is 2. The van der Waals surface area contributed by atoms with Crippen molar-refractivity contribution in [2.24, 2.45) is 0 Å². The molecule has 0 radical (unpaired) electrons. The number of hydrogen-bond donors (Lipinski definition) is 0. The predicted molar refractivity (Wildman–Crippen MR) is 122 cm³/mol. The van der Waals surface area contributed by atoms with Crippen LogP contribution in [0.3, 0.4) is 0 Å². The fourth-order valence-electron chi connectivity index (χ4n) is 4.27. The number of imide groups is 2. The predicted octanol–water partition coefficient (Wildman–Crippen LogP) is 6.47. The van der Waals surface area contributed by atoms with E-state index in [0.29, 0.717) is 22.7 Å². The minimum Gasteiger partial charge on any atom is -0.268 e. The number of halogens is 10. The molecule has 0 atom stereocenters. The van der Waals surface area contributed by atoms with E-state index in [2.05, 4.69) is 0 Å². The zero-order valence-electron chi connectivity index (χ0n) is 19.3. The van der Waals surface area contributed by atoms with Crippen molar-refractivity contribution in [3.05, 3.63) is 91.2 Å². The Bertz CT molecular complexity index is 1740. The van der Waals surface area contributed by atoms with E-state index in [1.165, 1.54) is 0 Å². The number of amides is 4. The first kappa shape index (κ1) is 27.6. The molecule has 0 unspecified atom stereocenters. The fraction of sp³-hybridized carbons (Fsp3) is 0. The van der Waals surface area contributed by atoms with Crippen molar-refractivity contribution in [3.63, 3.8) is 0 Å². The fourth-order valence-corrected chi connectivity index (χ4v) is 6.51. The van der Waals surface area contributed by atoms with Gasteiger partial charge in [0.1, 0.15) is 21.1 Å². The summed E-state index contributed by atoms with van der Waals surface area (Å²) in [5.41, 5.74) is -4.66. The summed E-state index contributed by atoms with van der Waals surface area (Å²) in [5.74, 6) is -30.2. The molecule has 4 amide bonds. The molecule has 4 aromatic rings. The Hall–Kier alpha value is -4.58. The molecule has 2 aromatic heterocycles. The van der Waals surface area contributed by atoms with Gasteiger partial charge in [0.25, 0.3) is 23.6 Å². The van der Waals surface area contributed by atoms with Gasteiger partial charge in [0, 0.05) is 9.75 Å². The van der Waals surface area contributed by atoms with Crippen molar-refractivity contribution in [3.8, 4) is 9.75 Å². The molecule has 0 saturated heterocycles. The van der Waals surface area contributed by atoms with Crippen LogP contribution in [0.4, 0.5) is 55.3 Å². The molecule has 42 heavy (non-hydrogen) atoms. The van der Waals surface area contributed by atoms with Gasteiger partial charge in [-0.25, -0.2) is 53.7 Å². The van der Waals surface area contributed by atoms with E-state index in [1.807, 2.05) is 0 Å². The lowest BCUT2D eigenvalue weighted by molar-refractivity contribution is 0.0908. The van der Waals surface area contributed by atoms with Gasteiger partial charge in [-0.05, 0) is 12.1 Å². The highest BCUT2D eigenvalue weighted by Crippen LogP contribution is 2.46. The van der Waals surface area contributed by atoms with Gasteiger partial charge in [-0.15, -0.1) is 22.7 Å². The quantitative estimate of drug-likeness (QED) is 0.112. The average Bonchev–Trinajstić information content (AvgIpc) is 3.70. The van der Waals surface area contributed by atoms with Gasteiger partial charge in [-0.1, -0.05) is 0 Å². The van der Waals surface area contributed by atoms with Gasteiger partial charge >= 0.3 is 0 Å². The third kappa shape index (κ3) is 3.38. The lowest BCUT2D eigenvalue weighted by atomic mass is 10.2. The first-order valence-corrected chi connectivity index (χ1v) is 12.4. The highest BCUT2D eigenvalue weighted by molar-refractivity contribution is 7.24. The highest BCUT2D eigenvalue weighted by atomic mass is 32.1. The smallest absolute Gasteiger partial charge is 0.268 e. The number of rotatable bonds is 3. The van der Waals surface area contributed by atoms with Gasteiger partial charge in [0.05, 0.1) is 11.1 Å². The van der Waals surface area contributed by atoms with Crippen molar-refractivity contribution in [2.45, 2.75) is 0 Å². The number of benzene rings is 2. The number of carbonyl (C=O) groups is 4. The Morgan fingerprint density at radius 3 is 0.929 bits per heavy atom. The molecule has 0 spiro atoms. The Labute approximate surface area is 231 Å². The van der Waals surface area contributed by atoms with E-state index in [1.54, 1.807) is 0 Å². The second kappa shape index (κ2) is 8.96. The molecule has 6 rings (SSSR count). The lowest BCUT2D eigenvalue weighted by Gasteiger charge is -2.17. The van der Waals surface area contributed by atoms with E-state index in [0.717, 1.165) is 12.1 Å². The largest absolute Gasteiger partial charge is 0.276 e. The number of anilines is 2. The van der Waals surface area contributed by atoms with Crippen molar-refractivity contribution in [1.29, 1.82) is 0 Å². The van der Waals surface area contributed by atoms with Crippen LogP contribution in [0.2, 0.25) is 0 Å². The van der Waals surface area contributed by atoms with Crippen LogP contribution in [0.15, 0.2) is 12.1 Å². The standard InChI is InChI=1S/C24H2F10N2O4S2/c25-7-9(27)13(31)17(14(32)10(7)28)35-21(37)3-1-5(41-19(3)23(35)39)6-2-4-20(42-6)24(40)36(22(4)38)18-15(33)11(29)8(26)12(30)16(18)34/h1-2H. The van der Waals surface area contributed by atoms with Crippen LogP contribution in [0.5, 0.6) is 0 Å². The summed E-state index contributed by atoms with van der Waals surface area (Å²) in [4.78, 5) is 49.8. The highest BCUT2D eigenvalue weighted by Gasteiger charge is 2.46. The summed E-state index contributed by atoms with van der Waals surface area (Å²) >= 11 is 0.940. The number of nitrogens with zero attached hydrogens (tertiary/aromatic N) is 2. The first-order valence-electron chi connectivity index (χ1n) is 10.8. The van der Waals surface area contributed by atoms with Crippen molar-refractivity contribution in [2.75, 3.05) is 9.80 Å². The third-order valence-electron chi connectivity index (χ3n) is 6.19. The van der Waals surface area contributed by atoms with Gasteiger partial charge in [-0.3, -0.25) is 19.2 Å². The SMILES string of the molecule is O=C1c2cc(-c3cc4c(s3)C(=O)N(c3c(F)c(F)c(F)c(F)c3F)C4=O)sc2C(=O)N1c1c(F)c(F)c(F)c(F)c1F. The van der Waals surface area contributed by atoms with Gasteiger partial charge in [0.2, 0.25) is 11.6 Å². The average molecular weight is 636 g/mol. The molecule has 2 aromatic carbocycles. The summed E-state index contributed by atoms with van der Waals surface area (Å²) in [6.07, 6.45) is 0. The van der Waals surface area contributed by atoms with E-state index < -0.39 is 114 Å². The van der Waals surface area contributed by atoms with E-state index in [-0.39, 0.29) is 19.6 Å². The molecule has 0 N–H and O–H groups in total. The van der Waals surface area contributed by atoms with Gasteiger partial charge in [-0.2, -0.15) is 0 Å². The molecular formula is C24H2F10N2O4S2. The molecule has 214 valence electrons. The van der Waals surface area contributed by atoms with E-state index in [9.17, 15) is 63.1 Å². The van der Waals surface area contributed by atoms with Crippen molar-refractivity contribution in [1.82, 2.24) is 0 Å². The second-order valence-electron chi connectivity index (χ2n) is 8.44. The van der Waals surface area contributed by atoms with Crippen molar-refractivity contribution >= 4 is 57.7 Å². The number of hydrogen-bond acceptors (Lipinski definition) is 6. The molecule has 6 nitrogen and oxygen atoms in total. The van der Waals surface area contributed by atoms with Crippen LogP contribution in [0.1, 0.15) is 40.1 Å². The normalized spacial score (nSPS) is 14.5.